The Morgan fingerprint density at radius 2 is 1.26 bits per heavy atom. The Hall–Kier alpha value is -3.73. The number of hydrogen-bond acceptors (Lipinski definition) is 17. The van der Waals surface area contributed by atoms with Gasteiger partial charge < -0.3 is 36.6 Å². The topological polar surface area (TPSA) is 209 Å². The summed E-state index contributed by atoms with van der Waals surface area (Å²) in [6.07, 6.45) is -0.462. The number of thioether (sulfide) groups is 2. The first kappa shape index (κ1) is 34.5. The molecule has 1 atom stereocenters. The Kier molecular flexibility index (Phi) is 12.7. The number of carbonyl (C=O) groups excluding carboxylic acids is 5. The van der Waals surface area contributed by atoms with Crippen molar-refractivity contribution in [2.75, 3.05) is 12.5 Å². The first-order valence-corrected chi connectivity index (χ1v) is 14.1. The number of aryl methyl sites for hydroxylation is 2. The second-order valence-corrected chi connectivity index (χ2v) is 11.9. The quantitative estimate of drug-likeness (QED) is 0.164. The minimum absolute atomic E-state index is 0.00258. The zero-order chi connectivity index (χ0) is 31.6. The van der Waals surface area contributed by atoms with E-state index in [0.717, 1.165) is 0 Å². The van der Waals surface area contributed by atoms with Gasteiger partial charge in [0, 0.05) is 12.2 Å². The predicted molar refractivity (Wildman–Crippen MR) is 143 cm³/mol. The summed E-state index contributed by atoms with van der Waals surface area (Å²) in [4.78, 5) is 84.5. The Labute approximate surface area is 246 Å². The molecule has 0 radical (unpaired) electrons. The highest BCUT2D eigenvalue weighted by atomic mass is 32.2. The second-order valence-electron chi connectivity index (χ2n) is 9.39. The van der Waals surface area contributed by atoms with Gasteiger partial charge in [0.1, 0.15) is 5.78 Å². The second kappa shape index (κ2) is 15.5. The summed E-state index contributed by atoms with van der Waals surface area (Å²) in [6, 6.07) is 0. The lowest BCUT2D eigenvalue weighted by molar-refractivity contribution is -0.172. The van der Waals surface area contributed by atoms with Gasteiger partial charge in [-0.2, -0.15) is 0 Å². The maximum absolute atomic E-state index is 13.1. The largest absolute Gasteiger partial charge is 0.519 e. The van der Waals surface area contributed by atoms with Gasteiger partial charge in [0.15, 0.2) is 36.3 Å². The van der Waals surface area contributed by atoms with Gasteiger partial charge in [-0.3, -0.25) is 14.4 Å². The monoisotopic (exact) mass is 634 g/mol. The number of esters is 2. The van der Waals surface area contributed by atoms with Gasteiger partial charge in [-0.15, -0.1) is 0 Å². The Morgan fingerprint density at radius 1 is 0.762 bits per heavy atom. The molecule has 2 heterocycles. The lowest BCUT2D eigenvalue weighted by Crippen LogP contribution is -2.34. The van der Waals surface area contributed by atoms with Crippen molar-refractivity contribution in [3.8, 4) is 0 Å². The van der Waals surface area contributed by atoms with E-state index in [1.54, 1.807) is 13.8 Å². The van der Waals surface area contributed by atoms with Gasteiger partial charge in [0.2, 0.25) is 6.79 Å². The van der Waals surface area contributed by atoms with Crippen LogP contribution in [0.4, 0.5) is 9.59 Å². The minimum Gasteiger partial charge on any atom is -0.449 e. The van der Waals surface area contributed by atoms with Crippen LogP contribution in [-0.2, 0) is 46.5 Å². The van der Waals surface area contributed by atoms with Crippen molar-refractivity contribution in [3.05, 3.63) is 44.3 Å². The number of carbonyl (C=O) groups is 5. The molecule has 0 spiro atoms. The SMILES string of the molecule is Cc1oc(=O)oc1COC(=O)SC[C@H](CC(=O)C(C)(C)SC(=O)OCc1oc(=O)oc1C)C(=O)OCOC(=O)C(C)C. The van der Waals surface area contributed by atoms with Crippen molar-refractivity contribution < 1.29 is 60.6 Å². The van der Waals surface area contributed by atoms with Gasteiger partial charge in [0.05, 0.1) is 16.6 Å². The van der Waals surface area contributed by atoms with Crippen LogP contribution >= 0.6 is 23.5 Å². The van der Waals surface area contributed by atoms with Crippen molar-refractivity contribution in [2.45, 2.75) is 65.9 Å². The van der Waals surface area contributed by atoms with Gasteiger partial charge in [0.25, 0.3) is 0 Å². The van der Waals surface area contributed by atoms with E-state index in [1.807, 2.05) is 0 Å². The van der Waals surface area contributed by atoms with E-state index in [2.05, 4.69) is 8.83 Å². The lowest BCUT2D eigenvalue weighted by atomic mass is 9.97. The van der Waals surface area contributed by atoms with Crippen LogP contribution in [0.3, 0.4) is 0 Å². The van der Waals surface area contributed by atoms with E-state index in [0.29, 0.717) is 23.5 Å². The molecule has 0 fully saturated rings. The van der Waals surface area contributed by atoms with Crippen molar-refractivity contribution in [1.82, 2.24) is 0 Å². The van der Waals surface area contributed by atoms with E-state index in [9.17, 15) is 33.6 Å². The van der Waals surface area contributed by atoms with Crippen LogP contribution in [-0.4, -0.2) is 45.6 Å². The summed E-state index contributed by atoms with van der Waals surface area (Å²) in [6.45, 7) is 7.40. The molecule has 0 unspecified atom stereocenters. The molecule has 0 amide bonds. The van der Waals surface area contributed by atoms with Crippen LogP contribution < -0.4 is 11.6 Å². The van der Waals surface area contributed by atoms with Crippen molar-refractivity contribution in [3.63, 3.8) is 0 Å². The van der Waals surface area contributed by atoms with Gasteiger partial charge in [-0.25, -0.2) is 19.2 Å². The summed E-state index contributed by atoms with van der Waals surface area (Å²) in [5.74, 6) is -5.72. The highest BCUT2D eigenvalue weighted by Gasteiger charge is 2.36. The molecule has 232 valence electrons. The van der Waals surface area contributed by atoms with E-state index < -0.39 is 83.0 Å². The smallest absolute Gasteiger partial charge is 0.449 e. The van der Waals surface area contributed by atoms with Crippen LogP contribution in [0.5, 0.6) is 0 Å². The number of Topliss-reactive ketones (excluding diaryl/α,β-unsaturated/α-hetero) is 1. The third kappa shape index (κ3) is 10.9. The summed E-state index contributed by atoms with van der Waals surface area (Å²) < 4.78 is 37.4. The summed E-state index contributed by atoms with van der Waals surface area (Å²) in [5.41, 5.74) is 0. The maximum Gasteiger partial charge on any atom is 0.519 e. The van der Waals surface area contributed by atoms with Crippen LogP contribution in [0.15, 0.2) is 27.3 Å². The molecule has 42 heavy (non-hydrogen) atoms. The highest BCUT2D eigenvalue weighted by Crippen LogP contribution is 2.31. The number of hydrogen-bond donors (Lipinski definition) is 0. The first-order valence-electron chi connectivity index (χ1n) is 12.3. The van der Waals surface area contributed by atoms with E-state index in [1.165, 1.54) is 27.7 Å². The van der Waals surface area contributed by atoms with Gasteiger partial charge >= 0.3 is 34.2 Å². The van der Waals surface area contributed by atoms with E-state index >= 15 is 0 Å². The molecule has 0 saturated heterocycles. The van der Waals surface area contributed by atoms with Crippen LogP contribution in [0, 0.1) is 25.7 Å². The Morgan fingerprint density at radius 3 is 1.74 bits per heavy atom. The maximum atomic E-state index is 13.1. The summed E-state index contributed by atoms with van der Waals surface area (Å²) in [5, 5.41) is -1.72. The van der Waals surface area contributed by atoms with E-state index in [4.69, 9.17) is 27.8 Å². The highest BCUT2D eigenvalue weighted by molar-refractivity contribution is 8.15. The fraction of sp³-hybridized carbons (Fsp3) is 0.560. The fourth-order valence-corrected chi connectivity index (χ4v) is 4.34. The summed E-state index contributed by atoms with van der Waals surface area (Å²) in [7, 11) is 0. The molecule has 0 N–H and O–H groups in total. The Balaban J connectivity index is 2.00. The van der Waals surface area contributed by atoms with Crippen molar-refractivity contribution >= 4 is 51.8 Å². The normalized spacial score (nSPS) is 12.1. The van der Waals surface area contributed by atoms with Crippen LogP contribution in [0.2, 0.25) is 0 Å². The number of ether oxygens (including phenoxy) is 4. The molecular weight excluding hydrogens is 604 g/mol. The van der Waals surface area contributed by atoms with Crippen LogP contribution in [0.1, 0.15) is 57.2 Å². The molecule has 15 nitrogen and oxygen atoms in total. The molecule has 0 saturated carbocycles. The summed E-state index contributed by atoms with van der Waals surface area (Å²) >= 11 is 1.08. The zero-order valence-electron chi connectivity index (χ0n) is 23.6. The molecule has 0 aliphatic heterocycles. The average molecular weight is 635 g/mol. The van der Waals surface area contributed by atoms with Crippen LogP contribution in [0.25, 0.3) is 0 Å². The molecule has 2 rings (SSSR count). The lowest BCUT2D eigenvalue weighted by Gasteiger charge is -2.23. The van der Waals surface area contributed by atoms with Gasteiger partial charge in [-0.1, -0.05) is 13.8 Å². The third-order valence-corrected chi connectivity index (χ3v) is 7.31. The molecule has 2 aromatic heterocycles. The number of rotatable bonds is 14. The van der Waals surface area contributed by atoms with Crippen molar-refractivity contribution in [2.24, 2.45) is 11.8 Å². The minimum atomic E-state index is -1.40. The first-order chi connectivity index (χ1) is 19.6. The molecule has 17 heteroatoms. The molecule has 2 aromatic rings. The predicted octanol–water partition coefficient (Wildman–Crippen LogP) is 3.89. The third-order valence-electron chi connectivity index (χ3n) is 5.36. The molecule has 0 bridgehead atoms. The molecule has 0 aliphatic carbocycles. The Bertz CT molecular complexity index is 1390. The number of ketones is 1. The average Bonchev–Trinajstić information content (AvgIpc) is 3.40. The zero-order valence-corrected chi connectivity index (χ0v) is 25.3. The standard InChI is InChI=1S/C25H30O15S2/c1-12(2)19(27)35-11-36-20(28)15(10-41-23(31)33-8-16-13(3)37-21(29)39-16)7-18(26)25(5,6)42-24(32)34-9-17-14(4)38-22(30)40-17/h12,15H,7-11H2,1-6H3/t15-/m0/s1. The van der Waals surface area contributed by atoms with Crippen molar-refractivity contribution in [1.29, 1.82) is 0 Å². The van der Waals surface area contributed by atoms with E-state index in [-0.39, 0.29) is 28.8 Å². The molecule has 0 aliphatic rings. The fourth-order valence-electron chi connectivity index (χ4n) is 2.88. The van der Waals surface area contributed by atoms with Gasteiger partial charge in [-0.05, 0) is 51.2 Å². The molecular formula is C25H30O15S2. The molecule has 0 aromatic carbocycles.